The minimum atomic E-state index is -4.65. The van der Waals surface area contributed by atoms with Gasteiger partial charge in [0.25, 0.3) is 7.82 Å². The third-order valence-electron chi connectivity index (χ3n) is 9.37. The van der Waals surface area contributed by atoms with Crippen LogP contribution in [0.3, 0.4) is 0 Å². The number of quaternary nitrogens is 1. The lowest BCUT2D eigenvalue weighted by Crippen LogP contribution is -2.37. The van der Waals surface area contributed by atoms with Gasteiger partial charge in [-0.15, -0.1) is 0 Å². The van der Waals surface area contributed by atoms with Crippen LogP contribution in [0.15, 0.2) is 72.9 Å². The zero-order valence-electron chi connectivity index (χ0n) is 37.8. The van der Waals surface area contributed by atoms with Crippen molar-refractivity contribution in [2.75, 3.05) is 47.5 Å². The number of ether oxygens (including phenoxy) is 2. The van der Waals surface area contributed by atoms with E-state index < -0.39 is 32.5 Å². The first-order chi connectivity index (χ1) is 28.4. The zero-order chi connectivity index (χ0) is 43.7. The van der Waals surface area contributed by atoms with Crippen molar-refractivity contribution in [3.8, 4) is 0 Å². The highest BCUT2D eigenvalue weighted by molar-refractivity contribution is 7.45. The molecule has 0 bridgehead atoms. The highest BCUT2D eigenvalue weighted by atomic mass is 31.2. The summed E-state index contributed by atoms with van der Waals surface area (Å²) in [6.07, 6.45) is 46.0. The summed E-state index contributed by atoms with van der Waals surface area (Å²) in [7, 11) is 1.09. The smallest absolute Gasteiger partial charge is 0.306 e. The maximum absolute atomic E-state index is 12.7. The summed E-state index contributed by atoms with van der Waals surface area (Å²) in [5.41, 5.74) is 0. The number of carbonyl (C=O) groups excluding carboxylic acids is 2. The van der Waals surface area contributed by atoms with Crippen LogP contribution >= 0.6 is 7.82 Å². The van der Waals surface area contributed by atoms with Crippen molar-refractivity contribution in [3.63, 3.8) is 0 Å². The van der Waals surface area contributed by atoms with Gasteiger partial charge in [-0.05, 0) is 70.6 Å². The van der Waals surface area contributed by atoms with Crippen LogP contribution in [0.4, 0.5) is 0 Å². The summed E-state index contributed by atoms with van der Waals surface area (Å²) in [4.78, 5) is 37.5. The molecule has 1 unspecified atom stereocenters. The molecule has 0 spiro atoms. The number of likely N-dealkylation sites (N-methyl/N-ethyl adjacent to an activating group) is 1. The molecule has 0 aromatic rings. The summed E-state index contributed by atoms with van der Waals surface area (Å²) < 4.78 is 33.8. The van der Waals surface area contributed by atoms with E-state index in [0.29, 0.717) is 36.7 Å². The standard InChI is InChI=1S/C48H84NO9P/c1-6-8-9-10-11-12-13-14-15-16-17-21-24-27-30-33-36-39-47(51)55-43-46(44-57-59(53,54)56-42-41-49(3,4)5)58-48(52)40-37-34-31-28-25-22-19-18-20-23-26-29-32-35-38-45(50)7-2/h14-15,19-20,22-23,28-29,31-32,35,38,45-46,50H,6-13,16-18,21,24-27,30,33-34,36-37,39-44H2,1-5H3/b15-14-,22-19-,23-20-,31-28-,32-29-,38-35+/t45-,46-/m1/s1. The van der Waals surface area contributed by atoms with Gasteiger partial charge in [0.2, 0.25) is 0 Å². The number of hydrogen-bond donors (Lipinski definition) is 1. The third-order valence-corrected chi connectivity index (χ3v) is 10.3. The Hall–Kier alpha value is -2.59. The van der Waals surface area contributed by atoms with Gasteiger partial charge in [-0.3, -0.25) is 14.2 Å². The SMILES string of the molecule is CCCCCCCC/C=C\CCCCCCCCCC(=O)OC[C@H](COP(=O)([O-])OCC[N+](C)(C)C)OC(=O)CCC/C=C\C/C=C\C/C=C\C/C=C\C=C\[C@H](O)CC. The Morgan fingerprint density at radius 2 is 1.14 bits per heavy atom. The first-order valence-corrected chi connectivity index (χ1v) is 24.2. The highest BCUT2D eigenvalue weighted by Gasteiger charge is 2.21. The van der Waals surface area contributed by atoms with Gasteiger partial charge in [0.15, 0.2) is 6.10 Å². The van der Waals surface area contributed by atoms with Crippen molar-refractivity contribution < 1.29 is 47.2 Å². The summed E-state index contributed by atoms with van der Waals surface area (Å²) >= 11 is 0. The van der Waals surface area contributed by atoms with Crippen LogP contribution in [0.2, 0.25) is 0 Å². The average molecular weight is 850 g/mol. The van der Waals surface area contributed by atoms with E-state index in [1.165, 1.54) is 64.2 Å². The molecule has 0 aliphatic rings. The molecule has 0 heterocycles. The van der Waals surface area contributed by atoms with Crippen LogP contribution in [0.1, 0.15) is 162 Å². The Morgan fingerprint density at radius 3 is 1.73 bits per heavy atom. The van der Waals surface area contributed by atoms with Gasteiger partial charge in [-0.25, -0.2) is 0 Å². The molecule has 1 N–H and O–H groups in total. The second-order valence-corrected chi connectivity index (χ2v) is 17.6. The van der Waals surface area contributed by atoms with E-state index in [2.05, 4.69) is 43.4 Å². The van der Waals surface area contributed by atoms with Gasteiger partial charge < -0.3 is 33.0 Å². The number of rotatable bonds is 40. The van der Waals surface area contributed by atoms with Gasteiger partial charge in [0.1, 0.15) is 19.8 Å². The van der Waals surface area contributed by atoms with E-state index in [0.717, 1.165) is 44.9 Å². The van der Waals surface area contributed by atoms with Crippen molar-refractivity contribution in [1.29, 1.82) is 0 Å². The third kappa shape index (κ3) is 43.3. The number of esters is 2. The lowest BCUT2D eigenvalue weighted by atomic mass is 10.1. The first kappa shape index (κ1) is 56.4. The van der Waals surface area contributed by atoms with Crippen LogP contribution in [0.25, 0.3) is 0 Å². The van der Waals surface area contributed by atoms with Crippen molar-refractivity contribution in [1.82, 2.24) is 0 Å². The molecular formula is C48H84NO9P. The van der Waals surface area contributed by atoms with Crippen LogP contribution in [-0.4, -0.2) is 81.2 Å². The molecule has 0 fully saturated rings. The Labute approximate surface area is 360 Å². The molecule has 0 saturated heterocycles. The van der Waals surface area contributed by atoms with Crippen molar-refractivity contribution in [2.45, 2.75) is 174 Å². The molecule has 0 aliphatic carbocycles. The Kier molecular flexibility index (Phi) is 37.8. The molecule has 0 rings (SSSR count). The van der Waals surface area contributed by atoms with Gasteiger partial charge in [-0.1, -0.05) is 151 Å². The summed E-state index contributed by atoms with van der Waals surface area (Å²) in [6, 6.07) is 0. The lowest BCUT2D eigenvalue weighted by molar-refractivity contribution is -0.870. The van der Waals surface area contributed by atoms with Gasteiger partial charge in [0.05, 0.1) is 33.9 Å². The molecule has 3 atom stereocenters. The summed E-state index contributed by atoms with van der Waals surface area (Å²) in [6.45, 7) is 3.80. The van der Waals surface area contributed by atoms with Crippen molar-refractivity contribution >= 4 is 19.8 Å². The molecule has 0 aromatic heterocycles. The second-order valence-electron chi connectivity index (χ2n) is 16.2. The monoisotopic (exact) mass is 850 g/mol. The number of hydrogen-bond acceptors (Lipinski definition) is 9. The minimum absolute atomic E-state index is 0.0520. The Morgan fingerprint density at radius 1 is 0.627 bits per heavy atom. The fraction of sp³-hybridized carbons (Fsp3) is 0.708. The van der Waals surface area contributed by atoms with E-state index in [-0.39, 0.29) is 32.2 Å². The number of phosphoric ester groups is 1. The fourth-order valence-corrected chi connectivity index (χ4v) is 6.36. The van der Waals surface area contributed by atoms with Crippen molar-refractivity contribution in [2.24, 2.45) is 0 Å². The predicted molar refractivity (Wildman–Crippen MR) is 242 cm³/mol. The second kappa shape index (κ2) is 39.5. The highest BCUT2D eigenvalue weighted by Crippen LogP contribution is 2.38. The number of aliphatic hydroxyl groups excluding tert-OH is 1. The Bertz CT molecular complexity index is 1250. The molecule has 10 nitrogen and oxygen atoms in total. The molecule has 0 saturated carbocycles. The molecule has 11 heteroatoms. The number of carbonyl (C=O) groups is 2. The molecule has 0 aliphatic heterocycles. The Balaban J connectivity index is 4.47. The zero-order valence-corrected chi connectivity index (χ0v) is 38.7. The first-order valence-electron chi connectivity index (χ1n) is 22.8. The molecule has 0 amide bonds. The maximum Gasteiger partial charge on any atom is 0.306 e. The van der Waals surface area contributed by atoms with E-state index in [1.54, 1.807) is 6.08 Å². The predicted octanol–water partition coefficient (Wildman–Crippen LogP) is 11.4. The minimum Gasteiger partial charge on any atom is -0.756 e. The summed E-state index contributed by atoms with van der Waals surface area (Å²) in [5, 5.41) is 9.49. The van der Waals surface area contributed by atoms with Crippen LogP contribution in [0.5, 0.6) is 0 Å². The molecular weight excluding hydrogens is 765 g/mol. The quantitative estimate of drug-likeness (QED) is 0.0160. The number of phosphoric acid groups is 1. The van der Waals surface area contributed by atoms with Crippen LogP contribution in [0, 0.1) is 0 Å². The summed E-state index contributed by atoms with van der Waals surface area (Å²) in [5.74, 6) is -0.932. The van der Waals surface area contributed by atoms with Gasteiger partial charge >= 0.3 is 11.9 Å². The van der Waals surface area contributed by atoms with E-state index in [4.69, 9.17) is 18.5 Å². The number of unbranched alkanes of at least 4 members (excludes halogenated alkanes) is 14. The molecule has 0 radical (unpaired) electrons. The van der Waals surface area contributed by atoms with Crippen molar-refractivity contribution in [3.05, 3.63) is 72.9 Å². The molecule has 59 heavy (non-hydrogen) atoms. The normalized spacial score (nSPS) is 14.8. The maximum atomic E-state index is 12.7. The number of allylic oxidation sites excluding steroid dienone is 11. The van der Waals surface area contributed by atoms with Gasteiger partial charge in [-0.2, -0.15) is 0 Å². The fourth-order valence-electron chi connectivity index (χ4n) is 5.64. The van der Waals surface area contributed by atoms with Gasteiger partial charge in [0, 0.05) is 12.8 Å². The van der Waals surface area contributed by atoms with E-state index >= 15 is 0 Å². The topological polar surface area (TPSA) is 131 Å². The van der Waals surface area contributed by atoms with E-state index in [1.807, 2.05) is 58.4 Å². The van der Waals surface area contributed by atoms with Crippen LogP contribution < -0.4 is 4.89 Å². The number of aliphatic hydroxyl groups is 1. The molecule has 340 valence electrons. The average Bonchev–Trinajstić information content (AvgIpc) is 3.19. The van der Waals surface area contributed by atoms with Crippen LogP contribution in [-0.2, 0) is 32.7 Å². The molecule has 0 aromatic carbocycles. The lowest BCUT2D eigenvalue weighted by Gasteiger charge is -2.28. The largest absolute Gasteiger partial charge is 0.756 e. The van der Waals surface area contributed by atoms with E-state index in [9.17, 15) is 24.2 Å². The number of nitrogens with zero attached hydrogens (tertiary/aromatic N) is 1.